The lowest BCUT2D eigenvalue weighted by molar-refractivity contribution is 0.273. The van der Waals surface area contributed by atoms with Crippen molar-refractivity contribution in [2.75, 3.05) is 18.5 Å². The van der Waals surface area contributed by atoms with Crippen molar-refractivity contribution in [3.63, 3.8) is 0 Å². The molecular weight excluding hydrogens is 242 g/mol. The molecule has 0 aromatic carbocycles. The average molecular weight is 256 g/mol. The first-order valence-electron chi connectivity index (χ1n) is 4.97. The quantitative estimate of drug-likeness (QED) is 0.881. The Morgan fingerprint density at radius 1 is 1.29 bits per heavy atom. The predicted octanol–water partition coefficient (Wildman–Crippen LogP) is 2.66. The van der Waals surface area contributed by atoms with E-state index in [0.717, 1.165) is 23.2 Å². The van der Waals surface area contributed by atoms with Gasteiger partial charge >= 0.3 is 0 Å². The second-order valence-electron chi connectivity index (χ2n) is 3.52. The van der Waals surface area contributed by atoms with E-state index in [1.165, 1.54) is 19.3 Å². The summed E-state index contributed by atoms with van der Waals surface area (Å²) in [7, 11) is 0. The average Bonchev–Trinajstić information content (AvgIpc) is 2.23. The Morgan fingerprint density at radius 3 is 2.79 bits per heavy atom. The van der Waals surface area contributed by atoms with Crippen LogP contribution in [0.1, 0.15) is 19.3 Å². The number of nitrogens with one attached hydrogen (secondary N) is 1. The molecule has 1 aromatic rings. The first-order chi connectivity index (χ1) is 6.86. The van der Waals surface area contributed by atoms with Crippen molar-refractivity contribution in [1.29, 1.82) is 0 Å². The molecule has 14 heavy (non-hydrogen) atoms. The summed E-state index contributed by atoms with van der Waals surface area (Å²) in [5.74, 6) is 0. The van der Waals surface area contributed by atoms with Crippen LogP contribution >= 0.6 is 15.9 Å². The number of piperidine rings is 1. The highest BCUT2D eigenvalue weighted by atomic mass is 79.9. The molecule has 0 bridgehead atoms. The van der Waals surface area contributed by atoms with Gasteiger partial charge in [0, 0.05) is 25.5 Å². The zero-order valence-electron chi connectivity index (χ0n) is 8.04. The Hall–Kier alpha value is -0.610. The lowest BCUT2D eigenvalue weighted by atomic mass is 10.2. The van der Waals surface area contributed by atoms with Gasteiger partial charge < -0.3 is 5.43 Å². The Morgan fingerprint density at radius 2 is 2.07 bits per heavy atom. The van der Waals surface area contributed by atoms with Crippen molar-refractivity contribution in [2.24, 2.45) is 0 Å². The van der Waals surface area contributed by atoms with E-state index in [1.54, 1.807) is 6.20 Å². The highest BCUT2D eigenvalue weighted by Gasteiger charge is 2.10. The molecule has 1 aliphatic rings. The fraction of sp³-hybridized carbons (Fsp3) is 0.500. The molecule has 1 fully saturated rings. The van der Waals surface area contributed by atoms with Crippen molar-refractivity contribution >= 4 is 21.6 Å². The number of rotatable bonds is 2. The van der Waals surface area contributed by atoms with Crippen LogP contribution in [0, 0.1) is 0 Å². The first-order valence-corrected chi connectivity index (χ1v) is 5.77. The number of aromatic nitrogens is 1. The lowest BCUT2D eigenvalue weighted by Gasteiger charge is -2.28. The van der Waals surface area contributed by atoms with Crippen LogP contribution in [0.25, 0.3) is 0 Å². The van der Waals surface area contributed by atoms with Crippen LogP contribution in [0.15, 0.2) is 22.9 Å². The van der Waals surface area contributed by atoms with Crippen LogP contribution in [0.3, 0.4) is 0 Å². The van der Waals surface area contributed by atoms with Crippen LogP contribution in [0.5, 0.6) is 0 Å². The molecule has 1 saturated heterocycles. The van der Waals surface area contributed by atoms with E-state index in [0.29, 0.717) is 0 Å². The highest BCUT2D eigenvalue weighted by Crippen LogP contribution is 2.21. The molecule has 0 amide bonds. The molecule has 0 aliphatic carbocycles. The summed E-state index contributed by atoms with van der Waals surface area (Å²) in [6, 6.07) is 1.98. The second-order valence-corrected chi connectivity index (χ2v) is 4.37. The SMILES string of the molecule is Brc1cnccc1NN1CCCCC1. The molecule has 0 saturated carbocycles. The van der Waals surface area contributed by atoms with Gasteiger partial charge in [0.2, 0.25) is 0 Å². The summed E-state index contributed by atoms with van der Waals surface area (Å²) in [6.07, 6.45) is 7.55. The molecule has 3 nitrogen and oxygen atoms in total. The van der Waals surface area contributed by atoms with Crippen molar-refractivity contribution in [3.8, 4) is 0 Å². The number of nitrogens with zero attached hydrogens (tertiary/aromatic N) is 2. The van der Waals surface area contributed by atoms with Gasteiger partial charge in [0.1, 0.15) is 0 Å². The Bertz CT molecular complexity index is 297. The minimum Gasteiger partial charge on any atom is -0.318 e. The number of hydrogen-bond acceptors (Lipinski definition) is 3. The molecule has 1 aromatic heterocycles. The normalized spacial score (nSPS) is 18.1. The number of hydrazine groups is 1. The first kappa shape index (κ1) is 9.93. The van der Waals surface area contributed by atoms with Gasteiger partial charge in [0.25, 0.3) is 0 Å². The van der Waals surface area contributed by atoms with E-state index >= 15 is 0 Å². The molecule has 76 valence electrons. The maximum atomic E-state index is 4.03. The summed E-state index contributed by atoms with van der Waals surface area (Å²) in [5, 5.41) is 2.27. The van der Waals surface area contributed by atoms with Crippen LogP contribution < -0.4 is 5.43 Å². The minimum atomic E-state index is 1.02. The summed E-state index contributed by atoms with van der Waals surface area (Å²) in [4.78, 5) is 4.03. The van der Waals surface area contributed by atoms with Crippen LogP contribution in [0.4, 0.5) is 5.69 Å². The van der Waals surface area contributed by atoms with Crippen molar-refractivity contribution in [1.82, 2.24) is 9.99 Å². The fourth-order valence-electron chi connectivity index (χ4n) is 1.64. The van der Waals surface area contributed by atoms with E-state index in [4.69, 9.17) is 0 Å². The molecule has 0 atom stereocenters. The monoisotopic (exact) mass is 255 g/mol. The maximum Gasteiger partial charge on any atom is 0.0663 e. The Kier molecular flexibility index (Phi) is 3.37. The van der Waals surface area contributed by atoms with E-state index in [1.807, 2.05) is 12.3 Å². The molecule has 2 rings (SSSR count). The fourth-order valence-corrected chi connectivity index (χ4v) is 1.98. The largest absolute Gasteiger partial charge is 0.318 e. The number of hydrogen-bond donors (Lipinski definition) is 1. The minimum absolute atomic E-state index is 1.02. The van der Waals surface area contributed by atoms with E-state index < -0.39 is 0 Å². The molecule has 1 N–H and O–H groups in total. The van der Waals surface area contributed by atoms with Crippen molar-refractivity contribution in [3.05, 3.63) is 22.9 Å². The summed E-state index contributed by atoms with van der Waals surface area (Å²) >= 11 is 3.47. The maximum absolute atomic E-state index is 4.03. The van der Waals surface area contributed by atoms with E-state index in [2.05, 4.69) is 31.3 Å². The van der Waals surface area contributed by atoms with Gasteiger partial charge in [-0.3, -0.25) is 4.98 Å². The van der Waals surface area contributed by atoms with E-state index in [-0.39, 0.29) is 0 Å². The number of anilines is 1. The summed E-state index contributed by atoms with van der Waals surface area (Å²) < 4.78 is 1.02. The third kappa shape index (κ3) is 2.45. The zero-order valence-corrected chi connectivity index (χ0v) is 9.63. The lowest BCUT2D eigenvalue weighted by Crippen LogP contribution is -2.34. The van der Waals surface area contributed by atoms with Crippen LogP contribution in [-0.4, -0.2) is 23.1 Å². The number of halogens is 1. The molecule has 4 heteroatoms. The Balaban J connectivity index is 1.99. The van der Waals surface area contributed by atoms with Crippen LogP contribution in [-0.2, 0) is 0 Å². The predicted molar refractivity (Wildman–Crippen MR) is 61.0 cm³/mol. The van der Waals surface area contributed by atoms with Crippen LogP contribution in [0.2, 0.25) is 0 Å². The number of pyridine rings is 1. The summed E-state index contributed by atoms with van der Waals surface area (Å²) in [5.41, 5.74) is 4.49. The van der Waals surface area contributed by atoms with Crippen molar-refractivity contribution in [2.45, 2.75) is 19.3 Å². The van der Waals surface area contributed by atoms with Gasteiger partial charge in [-0.05, 0) is 34.8 Å². The third-order valence-corrected chi connectivity index (χ3v) is 3.04. The second kappa shape index (κ2) is 4.75. The molecular formula is C10H14BrN3. The smallest absolute Gasteiger partial charge is 0.0663 e. The van der Waals surface area contributed by atoms with Gasteiger partial charge in [-0.2, -0.15) is 0 Å². The molecule has 1 aliphatic heterocycles. The van der Waals surface area contributed by atoms with Gasteiger partial charge in [-0.1, -0.05) is 6.42 Å². The third-order valence-electron chi connectivity index (χ3n) is 2.41. The summed E-state index contributed by atoms with van der Waals surface area (Å²) in [6.45, 7) is 2.27. The van der Waals surface area contributed by atoms with E-state index in [9.17, 15) is 0 Å². The molecule has 2 heterocycles. The molecule has 0 radical (unpaired) electrons. The van der Waals surface area contributed by atoms with Gasteiger partial charge in [-0.15, -0.1) is 0 Å². The Labute approximate surface area is 92.6 Å². The van der Waals surface area contributed by atoms with Gasteiger partial charge in [0.15, 0.2) is 0 Å². The topological polar surface area (TPSA) is 28.2 Å². The highest BCUT2D eigenvalue weighted by molar-refractivity contribution is 9.10. The molecule has 0 unspecified atom stereocenters. The van der Waals surface area contributed by atoms with Gasteiger partial charge in [0.05, 0.1) is 10.2 Å². The zero-order chi connectivity index (χ0) is 9.80. The van der Waals surface area contributed by atoms with Crippen molar-refractivity contribution < 1.29 is 0 Å². The van der Waals surface area contributed by atoms with Gasteiger partial charge in [-0.25, -0.2) is 5.01 Å². The molecule has 0 spiro atoms. The standard InChI is InChI=1S/C10H14BrN3/c11-9-8-12-5-4-10(9)13-14-6-2-1-3-7-14/h4-5,8H,1-3,6-7H2,(H,12,13).